The predicted octanol–water partition coefficient (Wildman–Crippen LogP) is 5.43. The van der Waals surface area contributed by atoms with Crippen LogP contribution >= 0.6 is 0 Å². The molecule has 0 saturated carbocycles. The third-order valence-electron chi connectivity index (χ3n) is 2.32. The van der Waals surface area contributed by atoms with Crippen LogP contribution in [0.1, 0.15) is 60.8 Å². The first-order chi connectivity index (χ1) is 6.64. The van der Waals surface area contributed by atoms with E-state index in [1.807, 2.05) is 13.8 Å². The summed E-state index contributed by atoms with van der Waals surface area (Å²) < 4.78 is 37.4. The fourth-order valence-electron chi connectivity index (χ4n) is 1.36. The Morgan fingerprint density at radius 1 is 1.00 bits per heavy atom. The summed E-state index contributed by atoms with van der Waals surface area (Å²) in [6, 6.07) is 0. The van der Waals surface area contributed by atoms with Crippen molar-refractivity contribution in [1.29, 1.82) is 0 Å². The van der Waals surface area contributed by atoms with Crippen molar-refractivity contribution in [1.82, 2.24) is 0 Å². The van der Waals surface area contributed by atoms with Crippen LogP contribution in [0.3, 0.4) is 0 Å². The fraction of sp³-hybridized carbons (Fsp3) is 1.00. The number of hydrogen-bond donors (Lipinski definition) is 0. The van der Waals surface area contributed by atoms with Crippen molar-refractivity contribution in [3.63, 3.8) is 0 Å². The van der Waals surface area contributed by atoms with Crippen molar-refractivity contribution in [2.45, 2.75) is 67.0 Å². The number of alkyl halides is 3. The molecular weight excluding hydrogens is 201 g/mol. The smallest absolute Gasteiger partial charge is 0.171 e. The van der Waals surface area contributed by atoms with Crippen LogP contribution in [-0.4, -0.2) is 6.18 Å². The minimum absolute atomic E-state index is 0.0941. The van der Waals surface area contributed by atoms with Gasteiger partial charge in [-0.25, -0.2) is 0 Å². The van der Waals surface area contributed by atoms with Gasteiger partial charge in [-0.2, -0.15) is 13.2 Å². The zero-order valence-corrected chi connectivity index (χ0v) is 10.8. The van der Waals surface area contributed by atoms with Crippen LogP contribution in [0.5, 0.6) is 0 Å². The van der Waals surface area contributed by atoms with E-state index >= 15 is 0 Å². The Morgan fingerprint density at radius 2 is 1.33 bits per heavy atom. The summed E-state index contributed by atoms with van der Waals surface area (Å²) in [5.74, 6) is 0.0941. The maximum Gasteiger partial charge on any atom is 0.394 e. The van der Waals surface area contributed by atoms with Gasteiger partial charge in [0, 0.05) is 0 Å². The molecule has 15 heavy (non-hydrogen) atoms. The molecule has 0 nitrogen and oxygen atoms in total. The van der Waals surface area contributed by atoms with Crippen LogP contribution in [0, 0.1) is 11.3 Å². The molecular formula is C12H25F3. The molecule has 0 bridgehead atoms. The minimum atomic E-state index is -4.06. The van der Waals surface area contributed by atoms with E-state index in [1.165, 1.54) is 13.3 Å². The topological polar surface area (TPSA) is 0 Å². The second-order valence-corrected chi connectivity index (χ2v) is 4.72. The van der Waals surface area contributed by atoms with Crippen LogP contribution in [0.15, 0.2) is 0 Å². The lowest BCUT2D eigenvalue weighted by Crippen LogP contribution is -2.35. The quantitative estimate of drug-likeness (QED) is 0.602. The molecule has 0 fully saturated rings. The van der Waals surface area contributed by atoms with E-state index in [9.17, 15) is 13.2 Å². The second kappa shape index (κ2) is 7.13. The zero-order valence-electron chi connectivity index (χ0n) is 10.8. The molecule has 94 valence electrons. The lowest BCUT2D eigenvalue weighted by atomic mass is 9.79. The molecule has 0 aliphatic carbocycles. The highest BCUT2D eigenvalue weighted by Gasteiger charge is 2.49. The molecule has 0 radical (unpaired) electrons. The van der Waals surface area contributed by atoms with E-state index in [0.717, 1.165) is 0 Å². The maximum atomic E-state index is 12.5. The van der Waals surface area contributed by atoms with Crippen LogP contribution in [0.4, 0.5) is 13.2 Å². The number of halogens is 3. The highest BCUT2D eigenvalue weighted by Crippen LogP contribution is 2.45. The normalized spacial score (nSPS) is 15.6. The van der Waals surface area contributed by atoms with Crippen molar-refractivity contribution in [3.8, 4) is 0 Å². The summed E-state index contributed by atoms with van der Waals surface area (Å²) in [4.78, 5) is 0. The molecule has 0 aliphatic heterocycles. The Morgan fingerprint density at radius 3 is 1.40 bits per heavy atom. The molecule has 0 aromatic carbocycles. The van der Waals surface area contributed by atoms with Crippen molar-refractivity contribution in [2.75, 3.05) is 0 Å². The Bertz CT molecular complexity index is 149. The first-order valence-electron chi connectivity index (χ1n) is 5.71. The van der Waals surface area contributed by atoms with Gasteiger partial charge in [0.15, 0.2) is 0 Å². The largest absolute Gasteiger partial charge is 0.394 e. The third kappa shape index (κ3) is 6.80. The summed E-state index contributed by atoms with van der Waals surface area (Å²) in [5.41, 5.74) is -1.50. The van der Waals surface area contributed by atoms with E-state index in [0.29, 0.717) is 0 Å². The zero-order chi connectivity index (χ0) is 12.7. The van der Waals surface area contributed by atoms with E-state index in [-0.39, 0.29) is 18.8 Å². The standard InChI is InChI=1S/C9H17F3.C3H8/c1-5-8(4,6-7(2)3)9(10,11)12;1-3-2/h7H,5-6H2,1-4H3;3H2,1-2H3. The summed E-state index contributed by atoms with van der Waals surface area (Å²) in [6.45, 7) is 10.8. The van der Waals surface area contributed by atoms with E-state index < -0.39 is 11.6 Å². The Kier molecular flexibility index (Phi) is 8.17. The molecule has 0 aliphatic rings. The fourth-order valence-corrected chi connectivity index (χ4v) is 1.36. The molecule has 0 saturated heterocycles. The first kappa shape index (κ1) is 17.2. The summed E-state index contributed by atoms with van der Waals surface area (Å²) in [6.07, 6.45) is -2.44. The lowest BCUT2D eigenvalue weighted by molar-refractivity contribution is -0.224. The van der Waals surface area contributed by atoms with Gasteiger partial charge in [-0.1, -0.05) is 48.0 Å². The molecule has 0 N–H and O–H groups in total. The lowest BCUT2D eigenvalue weighted by Gasteiger charge is -2.32. The Balaban J connectivity index is 0. The summed E-state index contributed by atoms with van der Waals surface area (Å²) in [7, 11) is 0. The van der Waals surface area contributed by atoms with Gasteiger partial charge >= 0.3 is 6.18 Å². The average molecular weight is 226 g/mol. The molecule has 0 rings (SSSR count). The molecule has 0 spiro atoms. The van der Waals surface area contributed by atoms with Gasteiger partial charge in [0.05, 0.1) is 5.41 Å². The molecule has 0 heterocycles. The van der Waals surface area contributed by atoms with Gasteiger partial charge in [0.2, 0.25) is 0 Å². The van der Waals surface area contributed by atoms with Crippen LogP contribution in [-0.2, 0) is 0 Å². The molecule has 3 heteroatoms. The monoisotopic (exact) mass is 226 g/mol. The molecule has 0 aromatic rings. The number of rotatable bonds is 3. The molecule has 0 amide bonds. The number of hydrogen-bond acceptors (Lipinski definition) is 0. The van der Waals surface area contributed by atoms with E-state index in [4.69, 9.17) is 0 Å². The van der Waals surface area contributed by atoms with Crippen molar-refractivity contribution in [3.05, 3.63) is 0 Å². The Labute approximate surface area is 92.3 Å². The van der Waals surface area contributed by atoms with Crippen molar-refractivity contribution in [2.24, 2.45) is 11.3 Å². The highest BCUT2D eigenvalue weighted by atomic mass is 19.4. The van der Waals surface area contributed by atoms with Gasteiger partial charge in [-0.15, -0.1) is 0 Å². The minimum Gasteiger partial charge on any atom is -0.171 e. The SMILES string of the molecule is CCC.CCC(C)(CC(C)C)C(F)(F)F. The van der Waals surface area contributed by atoms with E-state index in [1.54, 1.807) is 6.92 Å². The molecule has 0 aromatic heterocycles. The second-order valence-electron chi connectivity index (χ2n) is 4.72. The van der Waals surface area contributed by atoms with E-state index in [2.05, 4.69) is 13.8 Å². The van der Waals surface area contributed by atoms with Gasteiger partial charge in [-0.3, -0.25) is 0 Å². The first-order valence-corrected chi connectivity index (χ1v) is 5.71. The third-order valence-corrected chi connectivity index (χ3v) is 2.32. The van der Waals surface area contributed by atoms with Crippen molar-refractivity contribution >= 4 is 0 Å². The van der Waals surface area contributed by atoms with Crippen molar-refractivity contribution < 1.29 is 13.2 Å². The highest BCUT2D eigenvalue weighted by molar-refractivity contribution is 4.81. The summed E-state index contributed by atoms with van der Waals surface area (Å²) in [5, 5.41) is 0. The Hall–Kier alpha value is -0.210. The van der Waals surface area contributed by atoms with Gasteiger partial charge in [-0.05, 0) is 18.8 Å². The average Bonchev–Trinajstić information content (AvgIpc) is 2.02. The summed E-state index contributed by atoms with van der Waals surface area (Å²) >= 11 is 0. The molecule has 1 atom stereocenters. The van der Waals surface area contributed by atoms with Crippen LogP contribution < -0.4 is 0 Å². The van der Waals surface area contributed by atoms with Crippen LogP contribution in [0.25, 0.3) is 0 Å². The predicted molar refractivity (Wildman–Crippen MR) is 59.9 cm³/mol. The van der Waals surface area contributed by atoms with Gasteiger partial charge in [0.25, 0.3) is 0 Å². The van der Waals surface area contributed by atoms with Crippen LogP contribution in [0.2, 0.25) is 0 Å². The molecule has 1 unspecified atom stereocenters. The maximum absolute atomic E-state index is 12.5. The van der Waals surface area contributed by atoms with Gasteiger partial charge < -0.3 is 0 Å². The van der Waals surface area contributed by atoms with Gasteiger partial charge in [0.1, 0.15) is 0 Å².